The second-order valence-electron chi connectivity index (χ2n) is 8.39. The van der Waals surface area contributed by atoms with Gasteiger partial charge in [0, 0.05) is 31.9 Å². The third kappa shape index (κ3) is 4.67. The molecular weight excluding hydrogens is 394 g/mol. The fraction of sp³-hybridized carbons (Fsp3) is 0.500. The SMILES string of the molecule is CC(C)n1c(=O)n(CCCOC2CCCCO2)c(=O)c2c1ccn2Cc1ccccc1. The Balaban J connectivity index is 1.62. The highest BCUT2D eigenvalue weighted by atomic mass is 16.7. The molecule has 7 heteroatoms. The molecule has 1 aromatic carbocycles. The minimum atomic E-state index is -0.265. The minimum absolute atomic E-state index is 0.0543. The van der Waals surface area contributed by atoms with Crippen molar-refractivity contribution in [1.29, 1.82) is 0 Å². The van der Waals surface area contributed by atoms with Gasteiger partial charge in [0.1, 0.15) is 5.52 Å². The monoisotopic (exact) mass is 425 g/mol. The summed E-state index contributed by atoms with van der Waals surface area (Å²) in [4.78, 5) is 26.5. The summed E-state index contributed by atoms with van der Waals surface area (Å²) < 4.78 is 16.4. The van der Waals surface area contributed by atoms with Crippen LogP contribution in [0.3, 0.4) is 0 Å². The maximum absolute atomic E-state index is 13.4. The molecule has 4 rings (SSSR count). The first-order chi connectivity index (χ1) is 15.1. The molecule has 31 heavy (non-hydrogen) atoms. The first-order valence-electron chi connectivity index (χ1n) is 11.2. The summed E-state index contributed by atoms with van der Waals surface area (Å²) in [6.45, 7) is 6.03. The van der Waals surface area contributed by atoms with Crippen LogP contribution in [0.5, 0.6) is 0 Å². The lowest BCUT2D eigenvalue weighted by atomic mass is 10.2. The van der Waals surface area contributed by atoms with E-state index in [1.54, 1.807) is 4.57 Å². The van der Waals surface area contributed by atoms with E-state index < -0.39 is 0 Å². The molecule has 3 aromatic rings. The van der Waals surface area contributed by atoms with Crippen LogP contribution in [0.4, 0.5) is 0 Å². The van der Waals surface area contributed by atoms with Gasteiger partial charge in [-0.3, -0.25) is 13.9 Å². The predicted octanol–water partition coefficient (Wildman–Crippen LogP) is 3.53. The number of rotatable bonds is 8. The fourth-order valence-corrected chi connectivity index (χ4v) is 4.22. The van der Waals surface area contributed by atoms with Crippen molar-refractivity contribution in [2.75, 3.05) is 13.2 Å². The average molecular weight is 426 g/mol. The summed E-state index contributed by atoms with van der Waals surface area (Å²) in [5.41, 5.74) is 1.84. The zero-order chi connectivity index (χ0) is 21.8. The number of hydrogen-bond donors (Lipinski definition) is 0. The van der Waals surface area contributed by atoms with Crippen LogP contribution in [0.2, 0.25) is 0 Å². The lowest BCUT2D eigenvalue weighted by Crippen LogP contribution is -2.41. The first-order valence-corrected chi connectivity index (χ1v) is 11.2. The molecule has 166 valence electrons. The molecule has 0 radical (unpaired) electrons. The molecule has 0 N–H and O–H groups in total. The topological polar surface area (TPSA) is 67.4 Å². The van der Waals surface area contributed by atoms with Crippen LogP contribution < -0.4 is 11.2 Å². The van der Waals surface area contributed by atoms with Crippen LogP contribution in [0.25, 0.3) is 11.0 Å². The van der Waals surface area contributed by atoms with Gasteiger partial charge in [-0.2, -0.15) is 0 Å². The minimum Gasteiger partial charge on any atom is -0.353 e. The van der Waals surface area contributed by atoms with E-state index >= 15 is 0 Å². The van der Waals surface area contributed by atoms with Crippen molar-refractivity contribution in [1.82, 2.24) is 13.7 Å². The third-order valence-corrected chi connectivity index (χ3v) is 5.77. The average Bonchev–Trinajstić information content (AvgIpc) is 3.17. The number of benzene rings is 1. The van der Waals surface area contributed by atoms with Crippen molar-refractivity contribution in [3.05, 3.63) is 69.0 Å². The molecule has 1 unspecified atom stereocenters. The molecule has 7 nitrogen and oxygen atoms in total. The molecule has 1 aliphatic rings. The molecule has 1 atom stereocenters. The highest BCUT2D eigenvalue weighted by molar-refractivity contribution is 5.75. The number of aromatic nitrogens is 3. The van der Waals surface area contributed by atoms with Gasteiger partial charge in [0.2, 0.25) is 0 Å². The van der Waals surface area contributed by atoms with Crippen LogP contribution in [0, 0.1) is 0 Å². The Kier molecular flexibility index (Phi) is 6.73. The zero-order valence-corrected chi connectivity index (χ0v) is 18.3. The Labute approximate surface area is 181 Å². The lowest BCUT2D eigenvalue weighted by Gasteiger charge is -2.22. The van der Waals surface area contributed by atoms with E-state index in [1.807, 2.05) is 61.0 Å². The Bertz CT molecular complexity index is 1120. The van der Waals surface area contributed by atoms with E-state index in [2.05, 4.69) is 0 Å². The molecule has 2 aromatic heterocycles. The van der Waals surface area contributed by atoms with Crippen LogP contribution in [-0.2, 0) is 22.6 Å². The normalized spacial score (nSPS) is 16.9. The van der Waals surface area contributed by atoms with E-state index in [-0.39, 0.29) is 23.6 Å². The van der Waals surface area contributed by atoms with Crippen molar-refractivity contribution in [2.24, 2.45) is 0 Å². The molecule has 3 heterocycles. The second-order valence-corrected chi connectivity index (χ2v) is 8.39. The largest absolute Gasteiger partial charge is 0.353 e. The van der Waals surface area contributed by atoms with Gasteiger partial charge in [0.15, 0.2) is 6.29 Å². The summed E-state index contributed by atoms with van der Waals surface area (Å²) in [7, 11) is 0. The standard InChI is InChI=1S/C24H31N3O4/c1-18(2)27-20-12-14-25(17-19-9-4-3-5-10-19)22(20)23(28)26(24(27)29)13-8-16-31-21-11-6-7-15-30-21/h3-5,9-10,12,14,18,21H,6-8,11,13,15-17H2,1-2H3. The molecule has 0 spiro atoms. The van der Waals surface area contributed by atoms with E-state index in [0.29, 0.717) is 37.2 Å². The molecule has 1 fully saturated rings. The predicted molar refractivity (Wildman–Crippen MR) is 121 cm³/mol. The molecule has 1 saturated heterocycles. The smallest absolute Gasteiger partial charge is 0.331 e. The third-order valence-electron chi connectivity index (χ3n) is 5.77. The number of nitrogens with zero attached hydrogens (tertiary/aromatic N) is 3. The molecule has 0 aliphatic carbocycles. The molecule has 1 aliphatic heterocycles. The van der Waals surface area contributed by atoms with Gasteiger partial charge in [-0.15, -0.1) is 0 Å². The number of ether oxygens (including phenoxy) is 2. The van der Waals surface area contributed by atoms with Crippen molar-refractivity contribution in [3.63, 3.8) is 0 Å². The highest BCUT2D eigenvalue weighted by Gasteiger charge is 2.19. The maximum atomic E-state index is 13.4. The van der Waals surface area contributed by atoms with Crippen molar-refractivity contribution < 1.29 is 9.47 Å². The summed E-state index contributed by atoms with van der Waals surface area (Å²) in [6, 6.07) is 11.8. The van der Waals surface area contributed by atoms with Gasteiger partial charge in [-0.25, -0.2) is 4.79 Å². The maximum Gasteiger partial charge on any atom is 0.331 e. The Morgan fingerprint density at radius 2 is 1.94 bits per heavy atom. The second kappa shape index (κ2) is 9.66. The van der Waals surface area contributed by atoms with Gasteiger partial charge in [0.05, 0.1) is 12.1 Å². The molecule has 0 saturated carbocycles. The van der Waals surface area contributed by atoms with E-state index in [0.717, 1.165) is 31.4 Å². The Morgan fingerprint density at radius 1 is 1.13 bits per heavy atom. The summed E-state index contributed by atoms with van der Waals surface area (Å²) in [6.07, 6.45) is 5.40. The van der Waals surface area contributed by atoms with E-state index in [1.165, 1.54) is 4.57 Å². The van der Waals surface area contributed by atoms with E-state index in [9.17, 15) is 9.59 Å². The van der Waals surface area contributed by atoms with Gasteiger partial charge >= 0.3 is 5.69 Å². The van der Waals surface area contributed by atoms with Gasteiger partial charge in [-0.1, -0.05) is 30.3 Å². The molecular formula is C24H31N3O4. The van der Waals surface area contributed by atoms with Gasteiger partial charge in [0.25, 0.3) is 5.56 Å². The van der Waals surface area contributed by atoms with Crippen molar-refractivity contribution in [2.45, 2.75) is 65.0 Å². The summed E-state index contributed by atoms with van der Waals surface area (Å²) in [5.74, 6) is 0. The Hall–Kier alpha value is -2.64. The molecule has 0 bridgehead atoms. The van der Waals surface area contributed by atoms with Crippen LogP contribution in [0.15, 0.2) is 52.2 Å². The highest BCUT2D eigenvalue weighted by Crippen LogP contribution is 2.17. The van der Waals surface area contributed by atoms with Gasteiger partial charge < -0.3 is 14.0 Å². The van der Waals surface area contributed by atoms with Crippen molar-refractivity contribution in [3.8, 4) is 0 Å². The quantitative estimate of drug-likeness (QED) is 0.518. The summed E-state index contributed by atoms with van der Waals surface area (Å²) in [5, 5.41) is 0. The number of fused-ring (bicyclic) bond motifs is 1. The van der Waals surface area contributed by atoms with Crippen LogP contribution in [0.1, 0.15) is 51.1 Å². The summed E-state index contributed by atoms with van der Waals surface area (Å²) >= 11 is 0. The van der Waals surface area contributed by atoms with Crippen molar-refractivity contribution >= 4 is 11.0 Å². The molecule has 0 amide bonds. The Morgan fingerprint density at radius 3 is 2.65 bits per heavy atom. The van der Waals surface area contributed by atoms with Crippen LogP contribution in [-0.4, -0.2) is 33.2 Å². The van der Waals surface area contributed by atoms with Gasteiger partial charge in [-0.05, 0) is 51.2 Å². The first kappa shape index (κ1) is 21.6. The lowest BCUT2D eigenvalue weighted by molar-refractivity contribution is -0.163. The number of hydrogen-bond acceptors (Lipinski definition) is 4. The van der Waals surface area contributed by atoms with E-state index in [4.69, 9.17) is 9.47 Å². The van der Waals surface area contributed by atoms with Crippen LogP contribution >= 0.6 is 0 Å². The fourth-order valence-electron chi connectivity index (χ4n) is 4.22. The zero-order valence-electron chi connectivity index (χ0n) is 18.3.